The summed E-state index contributed by atoms with van der Waals surface area (Å²) < 4.78 is 1.33. The van der Waals surface area contributed by atoms with Gasteiger partial charge < -0.3 is 0 Å². The fraction of sp³-hybridized carbons (Fsp3) is 0.0909. The summed E-state index contributed by atoms with van der Waals surface area (Å²) in [5, 5.41) is 10.6. The lowest BCUT2D eigenvalue weighted by molar-refractivity contribution is -0.384. The highest BCUT2D eigenvalue weighted by molar-refractivity contribution is 6.29. The molecule has 7 heteroatoms. The zero-order chi connectivity index (χ0) is 13.3. The van der Waals surface area contributed by atoms with Crippen molar-refractivity contribution in [2.75, 3.05) is 0 Å². The van der Waals surface area contributed by atoms with E-state index in [9.17, 15) is 14.9 Å². The van der Waals surface area contributed by atoms with E-state index in [0.29, 0.717) is 11.4 Å². The van der Waals surface area contributed by atoms with Crippen LogP contribution < -0.4 is 5.56 Å². The number of nitrogens with zero attached hydrogens (tertiary/aromatic N) is 3. The molecule has 2 aromatic rings. The summed E-state index contributed by atoms with van der Waals surface area (Å²) in [5.41, 5.74) is 0.275. The number of non-ortho nitro benzene ring substituents is 1. The first-order valence-electron chi connectivity index (χ1n) is 4.97. The van der Waals surface area contributed by atoms with Gasteiger partial charge in [0.15, 0.2) is 0 Å². The number of hydrogen-bond donors (Lipinski definition) is 0. The Morgan fingerprint density at radius 2 is 1.94 bits per heavy atom. The smallest absolute Gasteiger partial charge is 0.269 e. The lowest BCUT2D eigenvalue weighted by Gasteiger charge is -2.06. The van der Waals surface area contributed by atoms with Crippen molar-refractivity contribution < 1.29 is 4.92 Å². The number of hydrogen-bond acceptors (Lipinski definition) is 4. The monoisotopic (exact) mass is 265 g/mol. The number of nitro groups is 1. The van der Waals surface area contributed by atoms with Crippen LogP contribution in [0.15, 0.2) is 35.1 Å². The summed E-state index contributed by atoms with van der Waals surface area (Å²) in [7, 11) is 1.56. The Morgan fingerprint density at radius 3 is 2.50 bits per heavy atom. The third-order valence-corrected chi connectivity index (χ3v) is 2.63. The van der Waals surface area contributed by atoms with Crippen LogP contribution in [-0.2, 0) is 7.05 Å². The second-order valence-electron chi connectivity index (χ2n) is 3.60. The van der Waals surface area contributed by atoms with Gasteiger partial charge in [-0.05, 0) is 12.1 Å². The van der Waals surface area contributed by atoms with Crippen molar-refractivity contribution in [1.29, 1.82) is 0 Å². The molecular weight excluding hydrogens is 258 g/mol. The van der Waals surface area contributed by atoms with Gasteiger partial charge in [0, 0.05) is 30.8 Å². The van der Waals surface area contributed by atoms with Gasteiger partial charge in [-0.15, -0.1) is 0 Å². The molecular formula is C11H8ClN3O3. The highest BCUT2D eigenvalue weighted by Gasteiger charge is 2.09. The maximum absolute atomic E-state index is 11.5. The predicted molar refractivity (Wildman–Crippen MR) is 66.6 cm³/mol. The van der Waals surface area contributed by atoms with E-state index in [1.165, 1.54) is 34.9 Å². The zero-order valence-electron chi connectivity index (χ0n) is 9.33. The van der Waals surface area contributed by atoms with Gasteiger partial charge in [0.05, 0.1) is 4.92 Å². The Bertz CT molecular complexity index is 664. The van der Waals surface area contributed by atoms with Gasteiger partial charge in [0.1, 0.15) is 11.0 Å². The minimum Gasteiger partial charge on any atom is -0.296 e. The van der Waals surface area contributed by atoms with Crippen LogP contribution in [0.2, 0.25) is 5.15 Å². The van der Waals surface area contributed by atoms with Crippen LogP contribution in [0.5, 0.6) is 0 Å². The summed E-state index contributed by atoms with van der Waals surface area (Å²) in [6, 6.07) is 6.95. The van der Waals surface area contributed by atoms with Crippen LogP contribution in [0.3, 0.4) is 0 Å². The van der Waals surface area contributed by atoms with Crippen molar-refractivity contribution in [2.45, 2.75) is 0 Å². The first-order chi connectivity index (χ1) is 8.49. The molecule has 18 heavy (non-hydrogen) atoms. The average molecular weight is 266 g/mol. The van der Waals surface area contributed by atoms with E-state index in [0.717, 1.165) is 0 Å². The van der Waals surface area contributed by atoms with Crippen LogP contribution >= 0.6 is 11.6 Å². The fourth-order valence-corrected chi connectivity index (χ4v) is 1.68. The largest absolute Gasteiger partial charge is 0.296 e. The molecule has 1 heterocycles. The standard InChI is InChI=1S/C11H8ClN3O3/c1-14-10(16)6-9(12)13-11(14)7-2-4-8(5-3-7)15(17)18/h2-6H,1H3. The Hall–Kier alpha value is -2.21. The second-order valence-corrected chi connectivity index (χ2v) is 3.99. The van der Waals surface area contributed by atoms with Crippen LogP contribution in [0.1, 0.15) is 0 Å². The van der Waals surface area contributed by atoms with Gasteiger partial charge >= 0.3 is 0 Å². The molecule has 0 radical (unpaired) electrons. The number of halogens is 1. The maximum Gasteiger partial charge on any atom is 0.269 e. The minimum absolute atomic E-state index is 0.0224. The maximum atomic E-state index is 11.5. The molecule has 2 rings (SSSR count). The fourth-order valence-electron chi connectivity index (χ4n) is 1.50. The molecule has 0 aliphatic rings. The third-order valence-electron chi connectivity index (χ3n) is 2.44. The molecule has 0 aliphatic heterocycles. The Kier molecular flexibility index (Phi) is 3.12. The summed E-state index contributed by atoms with van der Waals surface area (Å²) in [6.07, 6.45) is 0. The second kappa shape index (κ2) is 4.58. The highest BCUT2D eigenvalue weighted by atomic mass is 35.5. The molecule has 0 amide bonds. The van der Waals surface area contributed by atoms with Crippen LogP contribution in [0, 0.1) is 10.1 Å². The summed E-state index contributed by atoms with van der Waals surface area (Å²) in [6.45, 7) is 0. The highest BCUT2D eigenvalue weighted by Crippen LogP contribution is 2.20. The van der Waals surface area contributed by atoms with Crippen molar-refractivity contribution in [3.05, 3.63) is 56.0 Å². The van der Waals surface area contributed by atoms with E-state index in [4.69, 9.17) is 11.6 Å². The van der Waals surface area contributed by atoms with E-state index >= 15 is 0 Å². The van der Waals surface area contributed by atoms with E-state index in [2.05, 4.69) is 4.98 Å². The van der Waals surface area contributed by atoms with E-state index in [-0.39, 0.29) is 16.4 Å². The first-order valence-corrected chi connectivity index (χ1v) is 5.35. The van der Waals surface area contributed by atoms with E-state index in [1.807, 2.05) is 0 Å². The average Bonchev–Trinajstić information content (AvgIpc) is 2.34. The van der Waals surface area contributed by atoms with Crippen LogP contribution in [0.25, 0.3) is 11.4 Å². The van der Waals surface area contributed by atoms with Crippen molar-refractivity contribution in [3.8, 4) is 11.4 Å². The number of aromatic nitrogens is 2. The topological polar surface area (TPSA) is 78.0 Å². The van der Waals surface area contributed by atoms with Crippen LogP contribution in [0.4, 0.5) is 5.69 Å². The number of benzene rings is 1. The molecule has 92 valence electrons. The number of nitro benzene ring substituents is 1. The molecule has 0 atom stereocenters. The van der Waals surface area contributed by atoms with Gasteiger partial charge in [0.25, 0.3) is 11.2 Å². The summed E-state index contributed by atoms with van der Waals surface area (Å²) in [5.74, 6) is 0.363. The molecule has 0 unspecified atom stereocenters. The predicted octanol–water partition coefficient (Wildman–Crippen LogP) is 2.01. The molecule has 0 spiro atoms. The normalized spacial score (nSPS) is 10.3. The summed E-state index contributed by atoms with van der Waals surface area (Å²) >= 11 is 5.72. The molecule has 1 aromatic carbocycles. The third kappa shape index (κ3) is 2.23. The molecule has 0 saturated carbocycles. The SMILES string of the molecule is Cn1c(-c2ccc([N+](=O)[O-])cc2)nc(Cl)cc1=O. The van der Waals surface area contributed by atoms with Gasteiger partial charge in [-0.3, -0.25) is 19.5 Å². The van der Waals surface area contributed by atoms with E-state index in [1.54, 1.807) is 7.05 Å². The van der Waals surface area contributed by atoms with Gasteiger partial charge in [-0.25, -0.2) is 4.98 Å². The Balaban J connectivity index is 2.55. The molecule has 0 aliphatic carbocycles. The quantitative estimate of drug-likeness (QED) is 0.473. The molecule has 0 saturated heterocycles. The van der Waals surface area contributed by atoms with Gasteiger partial charge in [-0.1, -0.05) is 11.6 Å². The van der Waals surface area contributed by atoms with Crippen molar-refractivity contribution >= 4 is 17.3 Å². The molecule has 1 aromatic heterocycles. The Morgan fingerprint density at radius 1 is 1.33 bits per heavy atom. The first kappa shape index (κ1) is 12.3. The lowest BCUT2D eigenvalue weighted by Crippen LogP contribution is -2.18. The van der Waals surface area contributed by atoms with E-state index < -0.39 is 4.92 Å². The minimum atomic E-state index is -0.492. The Labute approximate surface area is 107 Å². The molecule has 6 nitrogen and oxygen atoms in total. The van der Waals surface area contributed by atoms with Crippen molar-refractivity contribution in [3.63, 3.8) is 0 Å². The summed E-state index contributed by atoms with van der Waals surface area (Å²) in [4.78, 5) is 25.6. The molecule has 0 bridgehead atoms. The number of rotatable bonds is 2. The molecule has 0 fully saturated rings. The van der Waals surface area contributed by atoms with Crippen molar-refractivity contribution in [2.24, 2.45) is 7.05 Å². The van der Waals surface area contributed by atoms with Crippen LogP contribution in [-0.4, -0.2) is 14.5 Å². The molecule has 0 N–H and O–H groups in total. The van der Waals surface area contributed by atoms with Gasteiger partial charge in [0.2, 0.25) is 0 Å². The van der Waals surface area contributed by atoms with Gasteiger partial charge in [-0.2, -0.15) is 0 Å². The van der Waals surface area contributed by atoms with Crippen molar-refractivity contribution in [1.82, 2.24) is 9.55 Å². The zero-order valence-corrected chi connectivity index (χ0v) is 10.1. The lowest BCUT2D eigenvalue weighted by atomic mass is 10.2.